The van der Waals surface area contributed by atoms with Gasteiger partial charge in [-0.05, 0) is 46.9 Å². The number of aromatic hydroxyl groups is 2. The van der Waals surface area contributed by atoms with Crippen LogP contribution in [0.3, 0.4) is 0 Å². The van der Waals surface area contributed by atoms with Crippen LogP contribution in [0.2, 0.25) is 0 Å². The zero-order valence-electron chi connectivity index (χ0n) is 25.1. The molecule has 4 rings (SSSR count). The second-order valence-electron chi connectivity index (χ2n) is 12.7. The molecule has 4 heteroatoms. The summed E-state index contributed by atoms with van der Waals surface area (Å²) in [4.78, 5) is 0. The summed E-state index contributed by atoms with van der Waals surface area (Å²) in [7, 11) is 0. The molecule has 0 aliphatic heterocycles. The maximum Gasteiger partial charge on any atom is 0.217 e. The summed E-state index contributed by atoms with van der Waals surface area (Å²) in [6, 6.07) is 25.7. The van der Waals surface area contributed by atoms with Crippen LogP contribution in [0, 0.1) is 13.8 Å². The maximum atomic E-state index is 10.8. The fourth-order valence-electron chi connectivity index (χ4n) is 4.83. The molecule has 0 spiro atoms. The first kappa shape index (κ1) is 30.9. The minimum absolute atomic E-state index is 0.129. The van der Waals surface area contributed by atoms with Crippen LogP contribution in [-0.4, -0.2) is 20.4 Å². The molecule has 212 valence electrons. The van der Waals surface area contributed by atoms with Crippen LogP contribution < -0.4 is 0 Å². The number of benzene rings is 4. The van der Waals surface area contributed by atoms with Crippen LogP contribution in [0.4, 0.5) is 0 Å². The van der Waals surface area contributed by atoms with Crippen molar-refractivity contribution in [1.29, 1.82) is 0 Å². The van der Waals surface area contributed by atoms with Gasteiger partial charge in [0.2, 0.25) is 5.79 Å². The van der Waals surface area contributed by atoms with Gasteiger partial charge in [-0.3, -0.25) is 0 Å². The topological polar surface area (TPSA) is 80.9 Å². The summed E-state index contributed by atoms with van der Waals surface area (Å²) in [6.45, 7) is 16.7. The Morgan fingerprint density at radius 2 is 0.850 bits per heavy atom. The van der Waals surface area contributed by atoms with Gasteiger partial charge in [-0.25, -0.2) is 0 Å². The van der Waals surface area contributed by atoms with Crippen molar-refractivity contribution in [2.45, 2.75) is 78.4 Å². The molecule has 0 aliphatic carbocycles. The number of hydrogen-bond acceptors (Lipinski definition) is 4. The smallest absolute Gasteiger partial charge is 0.217 e. The molecule has 4 aromatic carbocycles. The van der Waals surface area contributed by atoms with Crippen LogP contribution in [0.1, 0.15) is 86.1 Å². The van der Waals surface area contributed by atoms with E-state index in [-0.39, 0.29) is 10.8 Å². The first-order valence-corrected chi connectivity index (χ1v) is 13.7. The van der Waals surface area contributed by atoms with E-state index in [2.05, 4.69) is 67.5 Å². The molecular formula is C36H44O4. The van der Waals surface area contributed by atoms with Crippen molar-refractivity contribution >= 4 is 0 Å². The van der Waals surface area contributed by atoms with E-state index in [1.165, 1.54) is 0 Å². The van der Waals surface area contributed by atoms with E-state index in [9.17, 15) is 20.4 Å². The van der Waals surface area contributed by atoms with Gasteiger partial charge in [-0.15, -0.1) is 0 Å². The number of aliphatic hydroxyl groups is 2. The molecule has 4 N–H and O–H groups in total. The summed E-state index contributed by atoms with van der Waals surface area (Å²) >= 11 is 0. The van der Waals surface area contributed by atoms with E-state index in [0.29, 0.717) is 29.0 Å². The van der Waals surface area contributed by atoms with Gasteiger partial charge in [0.1, 0.15) is 11.5 Å². The van der Waals surface area contributed by atoms with Crippen molar-refractivity contribution in [3.8, 4) is 11.5 Å². The van der Waals surface area contributed by atoms with Gasteiger partial charge in [0, 0.05) is 17.5 Å². The fraction of sp³-hybridized carbons (Fsp3) is 0.333. The minimum Gasteiger partial charge on any atom is -0.507 e. The molecule has 0 heterocycles. The molecule has 0 radical (unpaired) electrons. The lowest BCUT2D eigenvalue weighted by molar-refractivity contribution is -0.132. The number of rotatable bonds is 4. The lowest BCUT2D eigenvalue weighted by atomic mass is 9.81. The molecule has 4 nitrogen and oxygen atoms in total. The molecule has 40 heavy (non-hydrogen) atoms. The quantitative estimate of drug-likeness (QED) is 0.199. The van der Waals surface area contributed by atoms with Crippen molar-refractivity contribution in [2.24, 2.45) is 0 Å². The Hall–Kier alpha value is -3.60. The Morgan fingerprint density at radius 1 is 0.525 bits per heavy atom. The normalized spacial score (nSPS) is 12.1. The van der Waals surface area contributed by atoms with Gasteiger partial charge >= 0.3 is 0 Å². The second kappa shape index (κ2) is 11.9. The molecule has 0 amide bonds. The monoisotopic (exact) mass is 540 g/mol. The van der Waals surface area contributed by atoms with Gasteiger partial charge in [0.15, 0.2) is 0 Å². The molecule has 0 aliphatic rings. The molecule has 0 fully saturated rings. The van der Waals surface area contributed by atoms with Gasteiger partial charge < -0.3 is 20.4 Å². The van der Waals surface area contributed by atoms with E-state index >= 15 is 0 Å². The van der Waals surface area contributed by atoms with Crippen molar-refractivity contribution in [3.63, 3.8) is 0 Å². The number of aryl methyl sites for hydroxylation is 2. The molecule has 0 saturated carbocycles. The Morgan fingerprint density at radius 3 is 1.15 bits per heavy atom. The summed E-state index contributed by atoms with van der Waals surface area (Å²) in [5.41, 5.74) is 6.56. The third-order valence-corrected chi connectivity index (χ3v) is 7.02. The molecule has 0 bridgehead atoms. The summed E-state index contributed by atoms with van der Waals surface area (Å²) in [5.74, 6) is -1.23. The van der Waals surface area contributed by atoms with Crippen molar-refractivity contribution in [1.82, 2.24) is 0 Å². The number of phenols is 2. The van der Waals surface area contributed by atoms with Crippen LogP contribution in [0.5, 0.6) is 11.5 Å². The van der Waals surface area contributed by atoms with E-state index in [1.807, 2.05) is 24.3 Å². The van der Waals surface area contributed by atoms with Gasteiger partial charge in [-0.2, -0.15) is 0 Å². The predicted molar refractivity (Wildman–Crippen MR) is 164 cm³/mol. The van der Waals surface area contributed by atoms with E-state index in [1.54, 1.807) is 48.5 Å². The average molecular weight is 541 g/mol. The molecule has 0 unspecified atom stereocenters. The summed E-state index contributed by atoms with van der Waals surface area (Å²) in [5, 5.41) is 41.7. The highest BCUT2D eigenvalue weighted by Crippen LogP contribution is 2.39. The van der Waals surface area contributed by atoms with Gasteiger partial charge in [0.25, 0.3) is 0 Å². The minimum atomic E-state index is -1.91. The number of hydrogen-bond donors (Lipinski definition) is 4. The third-order valence-electron chi connectivity index (χ3n) is 7.02. The van der Waals surface area contributed by atoms with Crippen molar-refractivity contribution in [2.75, 3.05) is 0 Å². The fourth-order valence-corrected chi connectivity index (χ4v) is 4.83. The average Bonchev–Trinajstić information content (AvgIpc) is 2.88. The molecule has 0 saturated heterocycles. The highest BCUT2D eigenvalue weighted by Gasteiger charge is 2.27. The largest absolute Gasteiger partial charge is 0.507 e. The Kier molecular flexibility index (Phi) is 9.18. The van der Waals surface area contributed by atoms with Crippen molar-refractivity contribution < 1.29 is 20.4 Å². The van der Waals surface area contributed by atoms with Crippen LogP contribution in [-0.2, 0) is 23.0 Å². The zero-order chi connectivity index (χ0) is 29.9. The lowest BCUT2D eigenvalue weighted by Gasteiger charge is -2.25. The van der Waals surface area contributed by atoms with E-state index in [4.69, 9.17) is 0 Å². The Labute approximate surface area is 239 Å². The van der Waals surface area contributed by atoms with Gasteiger partial charge in [-0.1, -0.05) is 138 Å². The SMILES string of the molecule is Cc1cc(Cc2cc(C)cc(C(C)(C)C)c2O)c(O)c(C(C)(C)C)c1.OC(O)(c1ccccc1)c1ccccc1. The molecule has 4 aromatic rings. The predicted octanol–water partition coefficient (Wildman–Crippen LogP) is 7.77. The van der Waals surface area contributed by atoms with Crippen LogP contribution in [0.15, 0.2) is 84.9 Å². The number of phenolic OH excluding ortho intramolecular Hbond substituents is 2. The first-order chi connectivity index (χ1) is 18.5. The summed E-state index contributed by atoms with van der Waals surface area (Å²) in [6.07, 6.45) is 0.521. The Balaban J connectivity index is 0.000000249. The van der Waals surface area contributed by atoms with E-state index in [0.717, 1.165) is 33.4 Å². The highest BCUT2D eigenvalue weighted by molar-refractivity contribution is 5.53. The van der Waals surface area contributed by atoms with E-state index < -0.39 is 5.79 Å². The third kappa shape index (κ3) is 7.32. The molecule has 0 aromatic heterocycles. The summed E-state index contributed by atoms with van der Waals surface area (Å²) < 4.78 is 0. The molecular weight excluding hydrogens is 496 g/mol. The van der Waals surface area contributed by atoms with Crippen molar-refractivity contribution in [3.05, 3.63) is 129 Å². The highest BCUT2D eigenvalue weighted by atomic mass is 16.5. The zero-order valence-corrected chi connectivity index (χ0v) is 25.1. The Bertz CT molecular complexity index is 1320. The molecule has 0 atom stereocenters. The first-order valence-electron chi connectivity index (χ1n) is 13.7. The standard InChI is InChI=1S/C23H32O2.C13H12O2/c1-14-9-16(20(24)18(11-14)22(3,4)5)13-17-10-15(2)12-19(21(17)25)23(6,7)8;14-13(15,11-7-3-1-4-8-11)12-9-5-2-6-10-12/h9-12,24-25H,13H2,1-8H3;1-10,14-15H. The van der Waals surface area contributed by atoms with Crippen LogP contribution >= 0.6 is 0 Å². The lowest BCUT2D eigenvalue weighted by Crippen LogP contribution is -2.26. The van der Waals surface area contributed by atoms with Crippen LogP contribution in [0.25, 0.3) is 0 Å². The second-order valence-corrected chi connectivity index (χ2v) is 12.7. The van der Waals surface area contributed by atoms with Gasteiger partial charge in [0.05, 0.1) is 0 Å². The maximum absolute atomic E-state index is 10.8.